The van der Waals surface area contributed by atoms with Gasteiger partial charge in [0.15, 0.2) is 0 Å². The van der Waals surface area contributed by atoms with Crippen molar-refractivity contribution in [1.82, 2.24) is 0 Å². The Hall–Kier alpha value is -1.61. The molecule has 1 aromatic carbocycles. The van der Waals surface area contributed by atoms with Gasteiger partial charge < -0.3 is 4.74 Å². The number of esters is 1. The maximum Gasteiger partial charge on any atom is 0.313 e. The van der Waals surface area contributed by atoms with Gasteiger partial charge >= 0.3 is 5.97 Å². The highest BCUT2D eigenvalue weighted by atomic mass is 32.1. The van der Waals surface area contributed by atoms with E-state index in [0.717, 1.165) is 18.4 Å². The molecule has 2 aromatic rings. The number of rotatable bonds is 6. The Kier molecular flexibility index (Phi) is 5.36. The van der Waals surface area contributed by atoms with Crippen molar-refractivity contribution in [3.63, 3.8) is 0 Å². The Balaban J connectivity index is 2.00. The maximum absolute atomic E-state index is 11.9. The molecule has 3 heteroatoms. The van der Waals surface area contributed by atoms with Gasteiger partial charge in [0.25, 0.3) is 0 Å². The fourth-order valence-corrected chi connectivity index (χ4v) is 2.64. The van der Waals surface area contributed by atoms with Crippen molar-refractivity contribution in [1.29, 1.82) is 0 Å². The molecular formula is C17H20O2S. The second kappa shape index (κ2) is 7.25. The first-order valence-corrected chi connectivity index (χ1v) is 7.95. The highest BCUT2D eigenvalue weighted by Crippen LogP contribution is 2.25. The molecule has 0 N–H and O–H groups in total. The summed E-state index contributed by atoms with van der Waals surface area (Å²) in [5, 5.41) is 4.19. The first-order chi connectivity index (χ1) is 9.72. The molecule has 0 bridgehead atoms. The highest BCUT2D eigenvalue weighted by molar-refractivity contribution is 7.08. The molecule has 20 heavy (non-hydrogen) atoms. The van der Waals surface area contributed by atoms with Crippen molar-refractivity contribution in [2.24, 2.45) is 0 Å². The number of benzene rings is 1. The van der Waals surface area contributed by atoms with Crippen LogP contribution in [0.25, 0.3) is 11.1 Å². The van der Waals surface area contributed by atoms with Gasteiger partial charge in [-0.25, -0.2) is 0 Å². The summed E-state index contributed by atoms with van der Waals surface area (Å²) < 4.78 is 5.26. The Bertz CT molecular complexity index is 529. The lowest BCUT2D eigenvalue weighted by molar-refractivity contribution is -0.145. The van der Waals surface area contributed by atoms with Crippen LogP contribution in [0.4, 0.5) is 0 Å². The summed E-state index contributed by atoms with van der Waals surface area (Å²) in [5.41, 5.74) is 3.41. The average molecular weight is 288 g/mol. The summed E-state index contributed by atoms with van der Waals surface area (Å²) in [4.78, 5) is 11.9. The monoisotopic (exact) mass is 288 g/mol. The largest absolute Gasteiger partial charge is 0.465 e. The molecule has 1 aromatic heterocycles. The summed E-state index contributed by atoms with van der Waals surface area (Å²) in [7, 11) is 0. The van der Waals surface area contributed by atoms with E-state index in [2.05, 4.69) is 35.9 Å². The third-order valence-corrected chi connectivity index (χ3v) is 4.04. The average Bonchev–Trinajstić information content (AvgIpc) is 3.01. The van der Waals surface area contributed by atoms with Crippen LogP contribution in [0.3, 0.4) is 0 Å². The predicted molar refractivity (Wildman–Crippen MR) is 84.0 cm³/mol. The van der Waals surface area contributed by atoms with Gasteiger partial charge in [-0.15, -0.1) is 0 Å². The van der Waals surface area contributed by atoms with Crippen LogP contribution < -0.4 is 0 Å². The second-order valence-corrected chi connectivity index (χ2v) is 5.66. The molecule has 0 amide bonds. The van der Waals surface area contributed by atoms with E-state index in [9.17, 15) is 4.79 Å². The van der Waals surface area contributed by atoms with Crippen LogP contribution in [-0.2, 0) is 9.53 Å². The fraction of sp³-hybridized carbons (Fsp3) is 0.353. The SMILES string of the molecule is CCCCOC(=O)[C@@H](C)c1ccc(-c2ccsc2)cc1. The molecule has 0 unspecified atom stereocenters. The van der Waals surface area contributed by atoms with Crippen LogP contribution in [0, 0.1) is 0 Å². The molecule has 0 aliphatic rings. The van der Waals surface area contributed by atoms with Crippen molar-refractivity contribution in [2.75, 3.05) is 6.61 Å². The van der Waals surface area contributed by atoms with Gasteiger partial charge in [0, 0.05) is 0 Å². The standard InChI is InChI=1S/C17H20O2S/c1-3-4-10-19-17(18)13(2)14-5-7-15(8-6-14)16-9-11-20-12-16/h5-9,11-13H,3-4,10H2,1-2H3/t13-/m0/s1. The molecular weight excluding hydrogens is 268 g/mol. The van der Waals surface area contributed by atoms with E-state index in [4.69, 9.17) is 4.74 Å². The van der Waals surface area contributed by atoms with Crippen LogP contribution in [0.5, 0.6) is 0 Å². The third kappa shape index (κ3) is 3.70. The molecule has 1 atom stereocenters. The van der Waals surface area contributed by atoms with Crippen LogP contribution in [0.2, 0.25) is 0 Å². The molecule has 2 rings (SSSR count). The number of unbranched alkanes of at least 4 members (excludes halogenated alkanes) is 1. The van der Waals surface area contributed by atoms with E-state index in [1.807, 2.05) is 19.1 Å². The van der Waals surface area contributed by atoms with Crippen LogP contribution in [0.1, 0.15) is 38.2 Å². The molecule has 2 nitrogen and oxygen atoms in total. The fourth-order valence-electron chi connectivity index (χ4n) is 1.97. The molecule has 106 valence electrons. The topological polar surface area (TPSA) is 26.3 Å². The maximum atomic E-state index is 11.9. The first-order valence-electron chi connectivity index (χ1n) is 7.01. The van der Waals surface area contributed by atoms with E-state index in [1.165, 1.54) is 11.1 Å². The summed E-state index contributed by atoms with van der Waals surface area (Å²) in [6.07, 6.45) is 1.96. The van der Waals surface area contributed by atoms with Crippen molar-refractivity contribution in [3.8, 4) is 11.1 Å². The van der Waals surface area contributed by atoms with Crippen LogP contribution in [0.15, 0.2) is 41.1 Å². The molecule has 0 saturated heterocycles. The molecule has 0 aliphatic heterocycles. The predicted octanol–water partition coefficient (Wildman–Crippen LogP) is 4.86. The van der Waals surface area contributed by atoms with Crippen LogP contribution >= 0.6 is 11.3 Å². The van der Waals surface area contributed by atoms with Gasteiger partial charge in [-0.05, 0) is 46.9 Å². The van der Waals surface area contributed by atoms with Crippen LogP contribution in [-0.4, -0.2) is 12.6 Å². The van der Waals surface area contributed by atoms with E-state index in [-0.39, 0.29) is 11.9 Å². The normalized spacial score (nSPS) is 12.1. The van der Waals surface area contributed by atoms with Gasteiger partial charge in [-0.2, -0.15) is 11.3 Å². The van der Waals surface area contributed by atoms with E-state index < -0.39 is 0 Å². The second-order valence-electron chi connectivity index (χ2n) is 4.88. The number of ether oxygens (including phenoxy) is 1. The Morgan fingerprint density at radius 3 is 2.55 bits per heavy atom. The zero-order chi connectivity index (χ0) is 14.4. The number of thiophene rings is 1. The lowest BCUT2D eigenvalue weighted by Crippen LogP contribution is -2.13. The van der Waals surface area contributed by atoms with Crippen molar-refractivity contribution in [3.05, 3.63) is 46.7 Å². The number of carbonyl (C=O) groups is 1. The minimum absolute atomic E-state index is 0.137. The quantitative estimate of drug-likeness (QED) is 0.560. The molecule has 1 heterocycles. The number of hydrogen-bond donors (Lipinski definition) is 0. The van der Waals surface area contributed by atoms with Gasteiger partial charge in [-0.3, -0.25) is 4.79 Å². The van der Waals surface area contributed by atoms with Gasteiger partial charge in [0.1, 0.15) is 0 Å². The lowest BCUT2D eigenvalue weighted by Gasteiger charge is -2.12. The molecule has 0 aliphatic carbocycles. The summed E-state index contributed by atoms with van der Waals surface area (Å²) in [6, 6.07) is 10.3. The zero-order valence-corrected chi connectivity index (χ0v) is 12.8. The van der Waals surface area contributed by atoms with Gasteiger partial charge in [0.2, 0.25) is 0 Å². The van der Waals surface area contributed by atoms with Gasteiger partial charge in [-0.1, -0.05) is 37.6 Å². The minimum Gasteiger partial charge on any atom is -0.465 e. The smallest absolute Gasteiger partial charge is 0.313 e. The highest BCUT2D eigenvalue weighted by Gasteiger charge is 2.16. The molecule has 0 spiro atoms. The Morgan fingerprint density at radius 2 is 1.95 bits per heavy atom. The van der Waals surface area contributed by atoms with E-state index in [0.29, 0.717) is 6.61 Å². The molecule has 0 radical (unpaired) electrons. The molecule has 0 fully saturated rings. The van der Waals surface area contributed by atoms with Crippen molar-refractivity contribution >= 4 is 17.3 Å². The van der Waals surface area contributed by atoms with Gasteiger partial charge in [0.05, 0.1) is 12.5 Å². The number of carbonyl (C=O) groups excluding carboxylic acids is 1. The third-order valence-electron chi connectivity index (χ3n) is 3.36. The zero-order valence-electron chi connectivity index (χ0n) is 12.0. The van der Waals surface area contributed by atoms with Crippen molar-refractivity contribution in [2.45, 2.75) is 32.6 Å². The number of hydrogen-bond acceptors (Lipinski definition) is 3. The summed E-state index contributed by atoms with van der Waals surface area (Å²) >= 11 is 1.69. The molecule has 0 saturated carbocycles. The van der Waals surface area contributed by atoms with Crippen molar-refractivity contribution < 1.29 is 9.53 Å². The summed E-state index contributed by atoms with van der Waals surface area (Å²) in [5.74, 6) is -0.342. The Labute approximate surface area is 124 Å². The lowest BCUT2D eigenvalue weighted by atomic mass is 9.98. The van der Waals surface area contributed by atoms with E-state index >= 15 is 0 Å². The van der Waals surface area contributed by atoms with E-state index in [1.54, 1.807) is 11.3 Å². The Morgan fingerprint density at radius 1 is 1.20 bits per heavy atom. The minimum atomic E-state index is -0.205. The first kappa shape index (κ1) is 14.8. The summed E-state index contributed by atoms with van der Waals surface area (Å²) in [6.45, 7) is 4.50.